The van der Waals surface area contributed by atoms with E-state index in [-0.39, 0.29) is 0 Å². The molecule has 32 heavy (non-hydrogen) atoms. The molecule has 2 aromatic carbocycles. The molecule has 4 atom stereocenters. The van der Waals surface area contributed by atoms with Crippen molar-refractivity contribution in [2.24, 2.45) is 11.8 Å². The minimum Gasteiger partial charge on any atom is -0.474 e. The van der Waals surface area contributed by atoms with E-state index in [9.17, 15) is 0 Å². The Balaban J connectivity index is 1.24. The highest BCUT2D eigenvalue weighted by Gasteiger charge is 2.44. The second-order valence-electron chi connectivity index (χ2n) is 8.13. The molecule has 7 heteroatoms. The Morgan fingerprint density at radius 1 is 0.688 bits per heavy atom. The molecule has 168 valence electrons. The number of fused-ring (bicyclic) bond motifs is 2. The van der Waals surface area contributed by atoms with Crippen molar-refractivity contribution in [3.63, 3.8) is 0 Å². The van der Waals surface area contributed by atoms with Gasteiger partial charge in [0.2, 0.25) is 8.77 Å². The molecule has 0 aromatic heterocycles. The molecule has 2 aliphatic carbocycles. The smallest absolute Gasteiger partial charge is 0.220 e. The van der Waals surface area contributed by atoms with Gasteiger partial charge in [-0.2, -0.15) is 0 Å². The van der Waals surface area contributed by atoms with Crippen LogP contribution in [0.5, 0.6) is 0 Å². The standard InChI is InChI=1S/C25H26O2S5/c28-23-19-12-14-22(32-25(30)27-16-18-9-5-2-6-10-18)20(23)11-13-21(19)31-24(29)26-15-17-7-3-1-4-8-17/h1-10,19-22H,11-16H2. The molecule has 4 rings (SSSR count). The lowest BCUT2D eigenvalue weighted by atomic mass is 9.71. The molecule has 2 saturated carbocycles. The summed E-state index contributed by atoms with van der Waals surface area (Å²) in [5, 5.41) is 0.850. The van der Waals surface area contributed by atoms with Gasteiger partial charge in [-0.3, -0.25) is 0 Å². The normalized spacial score (nSPS) is 24.6. The van der Waals surface area contributed by atoms with E-state index >= 15 is 0 Å². The number of ether oxygens (including phenoxy) is 2. The predicted molar refractivity (Wildman–Crippen MR) is 148 cm³/mol. The molecule has 0 amide bonds. The SMILES string of the molecule is S=C(OCc1ccccc1)SC1CCC2C(=S)C1CCC2SC(=S)OCc1ccccc1. The van der Waals surface area contributed by atoms with Crippen LogP contribution in [0.2, 0.25) is 0 Å². The van der Waals surface area contributed by atoms with Crippen LogP contribution in [0.4, 0.5) is 0 Å². The van der Waals surface area contributed by atoms with E-state index in [1.807, 2.05) is 36.4 Å². The van der Waals surface area contributed by atoms with E-state index in [1.54, 1.807) is 23.5 Å². The molecule has 0 radical (unpaired) electrons. The van der Waals surface area contributed by atoms with E-state index < -0.39 is 0 Å². The summed E-state index contributed by atoms with van der Waals surface area (Å²) in [5.74, 6) is 0.866. The Morgan fingerprint density at radius 2 is 1.09 bits per heavy atom. The summed E-state index contributed by atoms with van der Waals surface area (Å²) >= 11 is 20.4. The number of rotatable bonds is 6. The number of benzene rings is 2. The Hall–Kier alpha value is -0.990. The third-order valence-corrected chi connectivity index (χ3v) is 9.82. The number of hydrogen-bond acceptors (Lipinski definition) is 7. The highest BCUT2D eigenvalue weighted by molar-refractivity contribution is 8.23. The van der Waals surface area contributed by atoms with Crippen molar-refractivity contribution in [3.8, 4) is 0 Å². The van der Waals surface area contributed by atoms with Crippen molar-refractivity contribution in [2.75, 3.05) is 0 Å². The van der Waals surface area contributed by atoms with Crippen molar-refractivity contribution in [2.45, 2.75) is 49.4 Å². The summed E-state index contributed by atoms with van der Waals surface area (Å²) < 4.78 is 13.0. The van der Waals surface area contributed by atoms with E-state index in [0.717, 1.165) is 36.8 Å². The minimum absolute atomic E-state index is 0.425. The molecule has 0 aliphatic heterocycles. The Bertz CT molecular complexity index is 858. The van der Waals surface area contributed by atoms with Crippen molar-refractivity contribution >= 4 is 73.8 Å². The van der Waals surface area contributed by atoms with Crippen LogP contribution in [0.3, 0.4) is 0 Å². The summed E-state index contributed by atoms with van der Waals surface area (Å²) in [6, 6.07) is 20.3. The third kappa shape index (κ3) is 6.54. The average molecular weight is 519 g/mol. The lowest BCUT2D eigenvalue weighted by Crippen LogP contribution is -2.45. The zero-order chi connectivity index (χ0) is 22.3. The van der Waals surface area contributed by atoms with Crippen LogP contribution in [0.1, 0.15) is 36.8 Å². The van der Waals surface area contributed by atoms with Crippen molar-refractivity contribution < 1.29 is 9.47 Å². The molecule has 2 aromatic rings. The fraction of sp³-hybridized carbons (Fsp3) is 0.400. The lowest BCUT2D eigenvalue weighted by Gasteiger charge is -2.44. The molecule has 0 heterocycles. The molecule has 2 fully saturated rings. The van der Waals surface area contributed by atoms with E-state index in [2.05, 4.69) is 24.3 Å². The van der Waals surface area contributed by atoms with Crippen LogP contribution in [-0.4, -0.2) is 24.1 Å². The molecule has 0 spiro atoms. The quantitative estimate of drug-likeness (QED) is 0.367. The molecule has 2 aliphatic rings. The maximum Gasteiger partial charge on any atom is 0.220 e. The first-order valence-electron chi connectivity index (χ1n) is 10.9. The maximum absolute atomic E-state index is 5.95. The fourth-order valence-corrected chi connectivity index (χ4v) is 8.16. The fourth-order valence-electron chi connectivity index (χ4n) is 4.42. The van der Waals surface area contributed by atoms with Gasteiger partial charge in [-0.05, 0) is 61.2 Å². The molecular weight excluding hydrogens is 493 g/mol. The number of hydrogen-bond donors (Lipinski definition) is 0. The van der Waals surface area contributed by atoms with Crippen LogP contribution >= 0.6 is 60.2 Å². The van der Waals surface area contributed by atoms with E-state index in [0.29, 0.717) is 44.3 Å². The Kier molecular flexibility index (Phi) is 9.00. The van der Waals surface area contributed by atoms with Crippen molar-refractivity contribution in [3.05, 3.63) is 71.8 Å². The van der Waals surface area contributed by atoms with Gasteiger partial charge < -0.3 is 9.47 Å². The van der Waals surface area contributed by atoms with Crippen LogP contribution in [-0.2, 0) is 22.7 Å². The van der Waals surface area contributed by atoms with Gasteiger partial charge in [0.05, 0.1) is 0 Å². The van der Waals surface area contributed by atoms with Crippen LogP contribution in [0.25, 0.3) is 0 Å². The van der Waals surface area contributed by atoms with Gasteiger partial charge in [-0.25, -0.2) is 0 Å². The topological polar surface area (TPSA) is 18.5 Å². The van der Waals surface area contributed by atoms with E-state index in [1.165, 1.54) is 4.86 Å². The molecule has 4 unspecified atom stereocenters. The van der Waals surface area contributed by atoms with Gasteiger partial charge in [-0.15, -0.1) is 0 Å². The lowest BCUT2D eigenvalue weighted by molar-refractivity contribution is 0.308. The molecule has 0 N–H and O–H groups in total. The van der Waals surface area contributed by atoms with Gasteiger partial charge in [0.1, 0.15) is 13.2 Å². The minimum atomic E-state index is 0.425. The summed E-state index contributed by atoms with van der Waals surface area (Å²) in [7, 11) is 0. The van der Waals surface area contributed by atoms with Crippen LogP contribution in [0, 0.1) is 11.8 Å². The molecule has 0 saturated heterocycles. The highest BCUT2D eigenvalue weighted by atomic mass is 32.2. The first-order chi connectivity index (χ1) is 15.6. The molecular formula is C25H26O2S5. The Labute approximate surface area is 215 Å². The molecule has 2 nitrogen and oxygen atoms in total. The third-order valence-electron chi connectivity index (χ3n) is 6.05. The van der Waals surface area contributed by atoms with Crippen LogP contribution in [0.15, 0.2) is 60.7 Å². The number of thioether (sulfide) groups is 2. The molecule has 2 bridgehead atoms. The van der Waals surface area contributed by atoms with Gasteiger partial charge in [0, 0.05) is 27.2 Å². The Morgan fingerprint density at radius 3 is 1.50 bits per heavy atom. The predicted octanol–water partition coefficient (Wildman–Crippen LogP) is 7.38. The van der Waals surface area contributed by atoms with Gasteiger partial charge in [-0.1, -0.05) is 96.4 Å². The second-order valence-corrected chi connectivity index (χ2v) is 12.3. The van der Waals surface area contributed by atoms with E-state index in [4.69, 9.17) is 46.1 Å². The first kappa shape index (κ1) is 24.1. The number of thiocarbonyl (C=S) groups is 3. The summed E-state index contributed by atoms with van der Waals surface area (Å²) in [6.07, 6.45) is 4.41. The summed E-state index contributed by atoms with van der Waals surface area (Å²) in [5.41, 5.74) is 2.27. The van der Waals surface area contributed by atoms with Gasteiger partial charge in [0.15, 0.2) is 0 Å². The van der Waals surface area contributed by atoms with Gasteiger partial charge in [0.25, 0.3) is 0 Å². The zero-order valence-corrected chi connectivity index (χ0v) is 21.8. The monoisotopic (exact) mass is 518 g/mol. The van der Waals surface area contributed by atoms with Gasteiger partial charge >= 0.3 is 0 Å². The highest BCUT2D eigenvalue weighted by Crippen LogP contribution is 2.47. The second kappa shape index (κ2) is 11.9. The first-order valence-corrected chi connectivity index (χ1v) is 13.9. The average Bonchev–Trinajstić information content (AvgIpc) is 2.81. The maximum atomic E-state index is 5.95. The summed E-state index contributed by atoms with van der Waals surface area (Å²) in [6.45, 7) is 1.05. The van der Waals surface area contributed by atoms with Crippen molar-refractivity contribution in [1.82, 2.24) is 0 Å². The zero-order valence-electron chi connectivity index (χ0n) is 17.7. The van der Waals surface area contributed by atoms with Crippen molar-refractivity contribution in [1.29, 1.82) is 0 Å². The summed E-state index contributed by atoms with van der Waals surface area (Å²) in [4.78, 5) is 1.20. The van der Waals surface area contributed by atoms with Crippen LogP contribution < -0.4 is 0 Å². The largest absolute Gasteiger partial charge is 0.474 e.